The number of hydrogen-bond acceptors (Lipinski definition) is 5. The van der Waals surface area contributed by atoms with E-state index in [-0.39, 0.29) is 23.4 Å². The first kappa shape index (κ1) is 17.0. The van der Waals surface area contributed by atoms with Crippen LogP contribution in [-0.2, 0) is 6.18 Å². The molecule has 0 saturated carbocycles. The Morgan fingerprint density at radius 3 is 2.65 bits per heavy atom. The Kier molecular flexibility index (Phi) is 6.54. The van der Waals surface area contributed by atoms with E-state index in [0.29, 0.717) is 12.3 Å². The summed E-state index contributed by atoms with van der Waals surface area (Å²) in [6, 6.07) is 1.50. The van der Waals surface area contributed by atoms with Gasteiger partial charge in [0.2, 0.25) is 5.82 Å². The van der Waals surface area contributed by atoms with Crippen LogP contribution >= 0.6 is 11.8 Å². The Morgan fingerprint density at radius 2 is 2.10 bits per heavy atom. The molecule has 0 saturated heterocycles. The van der Waals surface area contributed by atoms with Gasteiger partial charge in [0.15, 0.2) is 0 Å². The Labute approximate surface area is 120 Å². The zero-order chi connectivity index (χ0) is 15.2. The SMILES string of the molecule is CCCNc1cc(SCC(C)CO)nc(C(F)(F)F)n1. The van der Waals surface area contributed by atoms with Crippen molar-refractivity contribution in [1.29, 1.82) is 0 Å². The maximum absolute atomic E-state index is 12.7. The standard InChI is InChI=1S/C12H18F3N3OS/c1-3-4-16-9-5-10(20-7-8(2)6-19)18-11(17-9)12(13,14)15/h5,8,19H,3-4,6-7H2,1-2H3,(H,16,17,18). The molecule has 114 valence electrons. The maximum Gasteiger partial charge on any atom is 0.451 e. The second-order valence-corrected chi connectivity index (χ2v) is 5.48. The minimum Gasteiger partial charge on any atom is -0.396 e. The maximum atomic E-state index is 12.7. The van der Waals surface area contributed by atoms with Gasteiger partial charge in [-0.3, -0.25) is 0 Å². The van der Waals surface area contributed by atoms with Gasteiger partial charge in [0.05, 0.1) is 0 Å². The third-order valence-electron chi connectivity index (χ3n) is 2.34. The average Bonchev–Trinajstić information content (AvgIpc) is 2.41. The highest BCUT2D eigenvalue weighted by molar-refractivity contribution is 7.99. The van der Waals surface area contributed by atoms with Gasteiger partial charge in [-0.2, -0.15) is 13.2 Å². The molecule has 1 aromatic rings. The minimum atomic E-state index is -4.57. The molecule has 0 aliphatic rings. The first-order chi connectivity index (χ1) is 9.36. The van der Waals surface area contributed by atoms with Crippen LogP contribution in [0.2, 0.25) is 0 Å². The van der Waals surface area contributed by atoms with Crippen LogP contribution in [0.15, 0.2) is 11.1 Å². The summed E-state index contributed by atoms with van der Waals surface area (Å²) < 4.78 is 38.2. The van der Waals surface area contributed by atoms with Crippen LogP contribution in [0, 0.1) is 5.92 Å². The number of halogens is 3. The molecule has 1 atom stereocenters. The predicted molar refractivity (Wildman–Crippen MR) is 72.8 cm³/mol. The molecular formula is C12H18F3N3OS. The summed E-state index contributed by atoms with van der Waals surface area (Å²) in [5.41, 5.74) is 0. The van der Waals surface area contributed by atoms with E-state index >= 15 is 0 Å². The molecule has 0 radical (unpaired) electrons. The number of anilines is 1. The van der Waals surface area contributed by atoms with Gasteiger partial charge in [-0.1, -0.05) is 13.8 Å². The van der Waals surface area contributed by atoms with E-state index in [1.165, 1.54) is 17.8 Å². The number of aromatic nitrogens is 2. The van der Waals surface area contributed by atoms with Crippen molar-refractivity contribution in [2.75, 3.05) is 24.2 Å². The molecule has 2 N–H and O–H groups in total. The molecular weight excluding hydrogens is 291 g/mol. The van der Waals surface area contributed by atoms with Crippen molar-refractivity contribution in [2.24, 2.45) is 5.92 Å². The highest BCUT2D eigenvalue weighted by Gasteiger charge is 2.35. The van der Waals surface area contributed by atoms with E-state index in [0.717, 1.165) is 6.42 Å². The van der Waals surface area contributed by atoms with Gasteiger partial charge in [-0.15, -0.1) is 11.8 Å². The van der Waals surface area contributed by atoms with Crippen molar-refractivity contribution in [3.8, 4) is 0 Å². The number of aliphatic hydroxyl groups excluding tert-OH is 1. The number of rotatable bonds is 7. The Balaban J connectivity index is 2.91. The third-order valence-corrected chi connectivity index (χ3v) is 3.58. The number of hydrogen-bond donors (Lipinski definition) is 2. The summed E-state index contributed by atoms with van der Waals surface area (Å²) in [4.78, 5) is 7.00. The fourth-order valence-corrected chi connectivity index (χ4v) is 2.16. The lowest BCUT2D eigenvalue weighted by Crippen LogP contribution is -2.14. The molecule has 0 fully saturated rings. The smallest absolute Gasteiger partial charge is 0.396 e. The molecule has 1 unspecified atom stereocenters. The second-order valence-electron chi connectivity index (χ2n) is 4.44. The van der Waals surface area contributed by atoms with Crippen LogP contribution in [0.4, 0.5) is 19.0 Å². The molecule has 0 amide bonds. The van der Waals surface area contributed by atoms with E-state index in [2.05, 4.69) is 15.3 Å². The summed E-state index contributed by atoms with van der Waals surface area (Å²) in [6.07, 6.45) is -3.78. The van der Waals surface area contributed by atoms with Gasteiger partial charge in [0, 0.05) is 25.0 Å². The highest BCUT2D eigenvalue weighted by atomic mass is 32.2. The van der Waals surface area contributed by atoms with Gasteiger partial charge < -0.3 is 10.4 Å². The summed E-state index contributed by atoms with van der Waals surface area (Å²) in [5, 5.41) is 12.0. The Hall–Kier alpha value is -1.02. The molecule has 20 heavy (non-hydrogen) atoms. The van der Waals surface area contributed by atoms with Gasteiger partial charge >= 0.3 is 6.18 Å². The molecule has 1 aromatic heterocycles. The molecule has 1 heterocycles. The summed E-state index contributed by atoms with van der Waals surface area (Å²) in [7, 11) is 0. The number of aliphatic hydroxyl groups is 1. The topological polar surface area (TPSA) is 58.0 Å². The molecule has 0 aliphatic carbocycles. The minimum absolute atomic E-state index is 0.00338. The van der Waals surface area contributed by atoms with Crippen LogP contribution in [0.5, 0.6) is 0 Å². The van der Waals surface area contributed by atoms with E-state index < -0.39 is 12.0 Å². The zero-order valence-electron chi connectivity index (χ0n) is 11.4. The summed E-state index contributed by atoms with van der Waals surface area (Å²) in [6.45, 7) is 4.27. The average molecular weight is 309 g/mol. The van der Waals surface area contributed by atoms with Gasteiger partial charge in [-0.25, -0.2) is 9.97 Å². The Morgan fingerprint density at radius 1 is 1.40 bits per heavy atom. The summed E-state index contributed by atoms with van der Waals surface area (Å²) in [5.74, 6) is -0.472. The number of nitrogens with zero attached hydrogens (tertiary/aromatic N) is 2. The van der Waals surface area contributed by atoms with Crippen LogP contribution in [-0.4, -0.2) is 34.0 Å². The lowest BCUT2D eigenvalue weighted by Gasteiger charge is -2.12. The fraction of sp³-hybridized carbons (Fsp3) is 0.667. The lowest BCUT2D eigenvalue weighted by atomic mass is 10.2. The van der Waals surface area contributed by atoms with Crippen LogP contribution in [0.1, 0.15) is 26.1 Å². The normalized spacial score (nSPS) is 13.3. The second kappa shape index (κ2) is 7.68. The van der Waals surface area contributed by atoms with Gasteiger partial charge in [0.1, 0.15) is 10.8 Å². The first-order valence-electron chi connectivity index (χ1n) is 6.30. The predicted octanol–water partition coefficient (Wildman–Crippen LogP) is 3.04. The van der Waals surface area contributed by atoms with Crippen molar-refractivity contribution in [1.82, 2.24) is 9.97 Å². The van der Waals surface area contributed by atoms with Crippen molar-refractivity contribution in [2.45, 2.75) is 31.5 Å². The number of alkyl halides is 3. The quantitative estimate of drug-likeness (QED) is 0.599. The van der Waals surface area contributed by atoms with Gasteiger partial charge in [-0.05, 0) is 12.3 Å². The third kappa shape index (κ3) is 5.54. The lowest BCUT2D eigenvalue weighted by molar-refractivity contribution is -0.145. The van der Waals surface area contributed by atoms with Crippen molar-refractivity contribution in [3.05, 3.63) is 11.9 Å². The molecule has 0 bridgehead atoms. The Bertz CT molecular complexity index is 429. The van der Waals surface area contributed by atoms with Crippen molar-refractivity contribution in [3.63, 3.8) is 0 Å². The molecule has 0 aliphatic heterocycles. The monoisotopic (exact) mass is 309 g/mol. The van der Waals surface area contributed by atoms with Crippen LogP contribution in [0.25, 0.3) is 0 Å². The largest absolute Gasteiger partial charge is 0.451 e. The first-order valence-corrected chi connectivity index (χ1v) is 7.29. The van der Waals surface area contributed by atoms with Gasteiger partial charge in [0.25, 0.3) is 0 Å². The number of nitrogens with one attached hydrogen (secondary N) is 1. The molecule has 0 spiro atoms. The highest BCUT2D eigenvalue weighted by Crippen LogP contribution is 2.30. The van der Waals surface area contributed by atoms with Crippen LogP contribution in [0.3, 0.4) is 0 Å². The van der Waals surface area contributed by atoms with E-state index in [1.54, 1.807) is 0 Å². The van der Waals surface area contributed by atoms with E-state index in [1.807, 2.05) is 13.8 Å². The number of thioether (sulfide) groups is 1. The fourth-order valence-electron chi connectivity index (χ4n) is 1.25. The zero-order valence-corrected chi connectivity index (χ0v) is 12.2. The van der Waals surface area contributed by atoms with Crippen molar-refractivity contribution >= 4 is 17.6 Å². The summed E-state index contributed by atoms with van der Waals surface area (Å²) >= 11 is 1.18. The van der Waals surface area contributed by atoms with Crippen molar-refractivity contribution < 1.29 is 18.3 Å². The molecule has 4 nitrogen and oxygen atoms in total. The van der Waals surface area contributed by atoms with E-state index in [4.69, 9.17) is 5.11 Å². The molecule has 1 rings (SSSR count). The van der Waals surface area contributed by atoms with E-state index in [9.17, 15) is 13.2 Å². The molecule has 8 heteroatoms. The molecule has 0 aromatic carbocycles. The van der Waals surface area contributed by atoms with Crippen LogP contribution < -0.4 is 5.32 Å².